The van der Waals surface area contributed by atoms with Crippen LogP contribution in [-0.2, 0) is 4.79 Å². The lowest BCUT2D eigenvalue weighted by atomic mass is 10.3. The number of thioether (sulfide) groups is 1. The van der Waals surface area contributed by atoms with Crippen LogP contribution in [0, 0.1) is 10.1 Å². The number of aromatic nitrogens is 1. The summed E-state index contributed by atoms with van der Waals surface area (Å²) in [5.74, 6) is -0.397. The van der Waals surface area contributed by atoms with Crippen molar-refractivity contribution in [1.82, 2.24) is 15.6 Å². The molecule has 2 aromatic rings. The molecule has 0 aliphatic heterocycles. The zero-order chi connectivity index (χ0) is 17.0. The van der Waals surface area contributed by atoms with Crippen molar-refractivity contribution in [3.63, 3.8) is 0 Å². The minimum Gasteiger partial charge on any atom is -0.336 e. The van der Waals surface area contributed by atoms with E-state index >= 15 is 0 Å². The second kappa shape index (κ2) is 7.38. The number of carbonyl (C=O) groups excluding carboxylic acids is 2. The molecule has 3 amide bonds. The van der Waals surface area contributed by atoms with Crippen molar-refractivity contribution in [2.24, 2.45) is 0 Å². The highest BCUT2D eigenvalue weighted by Crippen LogP contribution is 2.31. The van der Waals surface area contributed by atoms with Crippen LogP contribution in [0.15, 0.2) is 22.5 Å². The van der Waals surface area contributed by atoms with Crippen LogP contribution in [0.4, 0.5) is 10.5 Å². The molecule has 0 unspecified atom stereocenters. The second-order valence-corrected chi connectivity index (χ2v) is 7.11. The number of nitrogens with zero attached hydrogens (tertiary/aromatic N) is 2. The number of nitro benzene ring substituents is 1. The maximum Gasteiger partial charge on any atom is 0.321 e. The maximum absolute atomic E-state index is 11.7. The molecule has 10 heteroatoms. The van der Waals surface area contributed by atoms with Crippen LogP contribution < -0.4 is 10.6 Å². The van der Waals surface area contributed by atoms with E-state index in [0.717, 1.165) is 0 Å². The van der Waals surface area contributed by atoms with E-state index in [1.165, 1.54) is 35.2 Å². The van der Waals surface area contributed by atoms with Crippen LogP contribution in [-0.4, -0.2) is 33.6 Å². The van der Waals surface area contributed by atoms with Crippen molar-refractivity contribution in [2.45, 2.75) is 24.2 Å². The van der Waals surface area contributed by atoms with E-state index in [-0.39, 0.29) is 17.5 Å². The molecule has 0 saturated heterocycles. The van der Waals surface area contributed by atoms with Gasteiger partial charge in [0.15, 0.2) is 4.34 Å². The van der Waals surface area contributed by atoms with Gasteiger partial charge in [-0.2, -0.15) is 0 Å². The van der Waals surface area contributed by atoms with Gasteiger partial charge in [-0.1, -0.05) is 11.8 Å². The summed E-state index contributed by atoms with van der Waals surface area (Å²) in [7, 11) is 0. The number of imide groups is 1. The van der Waals surface area contributed by atoms with Crippen LogP contribution in [0.3, 0.4) is 0 Å². The van der Waals surface area contributed by atoms with Gasteiger partial charge in [0.05, 0.1) is 20.9 Å². The Kier molecular flexibility index (Phi) is 5.50. The largest absolute Gasteiger partial charge is 0.336 e. The monoisotopic (exact) mass is 354 g/mol. The number of nitro groups is 1. The lowest BCUT2D eigenvalue weighted by Crippen LogP contribution is -2.43. The molecule has 8 nitrogen and oxygen atoms in total. The average molecular weight is 354 g/mol. The topological polar surface area (TPSA) is 114 Å². The Bertz CT molecular complexity index is 760. The molecular formula is C13H14N4O4S2. The fraction of sp³-hybridized carbons (Fsp3) is 0.308. The summed E-state index contributed by atoms with van der Waals surface area (Å²) in [6, 6.07) is 3.82. The molecule has 0 atom stereocenters. The normalized spacial score (nSPS) is 10.7. The Labute approximate surface area is 139 Å². The molecule has 23 heavy (non-hydrogen) atoms. The first-order valence-corrected chi connectivity index (χ1v) is 8.43. The molecule has 0 radical (unpaired) electrons. The Morgan fingerprint density at radius 3 is 2.83 bits per heavy atom. The number of fused-ring (bicyclic) bond motifs is 1. The maximum atomic E-state index is 11.7. The number of hydrogen-bond donors (Lipinski definition) is 2. The van der Waals surface area contributed by atoms with E-state index in [4.69, 9.17) is 0 Å². The lowest BCUT2D eigenvalue weighted by molar-refractivity contribution is -0.384. The van der Waals surface area contributed by atoms with Gasteiger partial charge in [-0.3, -0.25) is 20.2 Å². The molecule has 0 aliphatic rings. The highest BCUT2D eigenvalue weighted by molar-refractivity contribution is 8.01. The predicted octanol–water partition coefficient (Wildman–Crippen LogP) is 2.53. The zero-order valence-corrected chi connectivity index (χ0v) is 14.0. The van der Waals surface area contributed by atoms with Gasteiger partial charge in [0.2, 0.25) is 5.91 Å². The van der Waals surface area contributed by atoms with Crippen LogP contribution in [0.25, 0.3) is 10.2 Å². The molecular weight excluding hydrogens is 340 g/mol. The molecule has 1 aromatic carbocycles. The Morgan fingerprint density at radius 1 is 1.43 bits per heavy atom. The van der Waals surface area contributed by atoms with Gasteiger partial charge in [-0.25, -0.2) is 9.78 Å². The highest BCUT2D eigenvalue weighted by atomic mass is 32.2. The van der Waals surface area contributed by atoms with Crippen LogP contribution >= 0.6 is 23.1 Å². The highest BCUT2D eigenvalue weighted by Gasteiger charge is 2.13. The molecule has 1 aromatic heterocycles. The van der Waals surface area contributed by atoms with Crippen LogP contribution in [0.2, 0.25) is 0 Å². The molecule has 0 saturated carbocycles. The minimum absolute atomic E-state index is 0.000740. The van der Waals surface area contributed by atoms with Gasteiger partial charge in [-0.15, -0.1) is 11.3 Å². The van der Waals surface area contributed by atoms with Crippen molar-refractivity contribution in [2.75, 3.05) is 5.75 Å². The average Bonchev–Trinajstić information content (AvgIpc) is 2.85. The summed E-state index contributed by atoms with van der Waals surface area (Å²) in [6.45, 7) is 3.58. The second-order valence-electron chi connectivity index (χ2n) is 4.85. The van der Waals surface area contributed by atoms with E-state index in [1.54, 1.807) is 19.9 Å². The van der Waals surface area contributed by atoms with Crippen molar-refractivity contribution < 1.29 is 14.5 Å². The number of nitrogens with one attached hydrogen (secondary N) is 2. The Balaban J connectivity index is 1.95. The van der Waals surface area contributed by atoms with E-state index < -0.39 is 16.9 Å². The third kappa shape index (κ3) is 4.89. The smallest absolute Gasteiger partial charge is 0.321 e. The van der Waals surface area contributed by atoms with Crippen molar-refractivity contribution in [1.29, 1.82) is 0 Å². The molecule has 0 fully saturated rings. The van der Waals surface area contributed by atoms with Gasteiger partial charge < -0.3 is 5.32 Å². The summed E-state index contributed by atoms with van der Waals surface area (Å²) in [5.41, 5.74) is 0.641. The fourth-order valence-electron chi connectivity index (χ4n) is 1.66. The third-order valence-corrected chi connectivity index (χ3v) is 4.72. The standard InChI is InChI=1S/C13H14N4O4S2/c1-7(2)14-12(19)16-11(18)6-22-13-15-9-4-3-8(17(20)21)5-10(9)23-13/h3-5,7H,6H2,1-2H3,(H2,14,16,18,19). The zero-order valence-electron chi connectivity index (χ0n) is 12.4. The minimum atomic E-state index is -0.537. The SMILES string of the molecule is CC(C)NC(=O)NC(=O)CSc1nc2ccc([N+](=O)[O-])cc2s1. The number of carbonyl (C=O) groups is 2. The quantitative estimate of drug-likeness (QED) is 0.484. The van der Waals surface area contributed by atoms with Gasteiger partial charge in [-0.05, 0) is 19.9 Å². The molecule has 2 N–H and O–H groups in total. The fourth-order valence-corrected chi connectivity index (χ4v) is 3.56. The molecule has 1 heterocycles. The molecule has 2 rings (SSSR count). The van der Waals surface area contributed by atoms with Gasteiger partial charge in [0.25, 0.3) is 5.69 Å². The van der Waals surface area contributed by atoms with E-state index in [1.807, 2.05) is 0 Å². The summed E-state index contributed by atoms with van der Waals surface area (Å²) in [5, 5.41) is 15.5. The first kappa shape index (κ1) is 17.2. The van der Waals surface area contributed by atoms with E-state index in [2.05, 4.69) is 15.6 Å². The van der Waals surface area contributed by atoms with Crippen LogP contribution in [0.1, 0.15) is 13.8 Å². The molecule has 0 aliphatic carbocycles. The van der Waals surface area contributed by atoms with Crippen LogP contribution in [0.5, 0.6) is 0 Å². The number of benzene rings is 1. The van der Waals surface area contributed by atoms with E-state index in [0.29, 0.717) is 14.6 Å². The van der Waals surface area contributed by atoms with Gasteiger partial charge in [0, 0.05) is 18.2 Å². The first-order chi connectivity index (χ1) is 10.8. The summed E-state index contributed by atoms with van der Waals surface area (Å²) in [4.78, 5) is 37.6. The van der Waals surface area contributed by atoms with Gasteiger partial charge >= 0.3 is 6.03 Å². The van der Waals surface area contributed by atoms with Crippen molar-refractivity contribution in [3.8, 4) is 0 Å². The summed E-state index contributed by atoms with van der Waals surface area (Å²) in [6.07, 6.45) is 0. The number of amides is 3. The number of non-ortho nitro benzene ring substituents is 1. The number of thiazole rings is 1. The Hall–Kier alpha value is -2.20. The van der Waals surface area contributed by atoms with Crippen molar-refractivity contribution in [3.05, 3.63) is 28.3 Å². The third-order valence-electron chi connectivity index (χ3n) is 2.56. The number of urea groups is 1. The summed E-state index contributed by atoms with van der Waals surface area (Å²) < 4.78 is 1.29. The van der Waals surface area contributed by atoms with E-state index in [9.17, 15) is 19.7 Å². The summed E-state index contributed by atoms with van der Waals surface area (Å²) >= 11 is 2.44. The molecule has 0 bridgehead atoms. The molecule has 0 spiro atoms. The van der Waals surface area contributed by atoms with Gasteiger partial charge in [0.1, 0.15) is 0 Å². The first-order valence-electron chi connectivity index (χ1n) is 6.63. The predicted molar refractivity (Wildman–Crippen MR) is 88.8 cm³/mol. The molecule has 122 valence electrons. The number of hydrogen-bond acceptors (Lipinski definition) is 7. The lowest BCUT2D eigenvalue weighted by Gasteiger charge is -2.08. The van der Waals surface area contributed by atoms with Crippen molar-refractivity contribution >= 4 is 50.9 Å². The Morgan fingerprint density at radius 2 is 2.17 bits per heavy atom. The number of rotatable bonds is 5.